The molecular weight excluding hydrogens is 321 g/mol. The van der Waals surface area contributed by atoms with E-state index < -0.39 is 0 Å². The van der Waals surface area contributed by atoms with Crippen LogP contribution in [0.2, 0.25) is 0 Å². The molecule has 128 valence electrons. The van der Waals surface area contributed by atoms with Gasteiger partial charge in [-0.3, -0.25) is 0 Å². The normalized spacial score (nSPS) is 16.6. The van der Waals surface area contributed by atoms with Gasteiger partial charge in [0, 0.05) is 16.5 Å². The molecule has 0 saturated carbocycles. The third-order valence-corrected chi connectivity index (χ3v) is 4.99. The summed E-state index contributed by atoms with van der Waals surface area (Å²) in [6, 6.07) is 25.5. The summed E-state index contributed by atoms with van der Waals surface area (Å²) in [5.74, 6) is 0. The number of fused-ring (bicyclic) bond motifs is 3. The number of aromatic nitrogens is 1. The van der Waals surface area contributed by atoms with Crippen LogP contribution in [0.3, 0.4) is 0 Å². The minimum atomic E-state index is -0.307. The van der Waals surface area contributed by atoms with Crippen molar-refractivity contribution in [2.45, 2.75) is 19.4 Å². The van der Waals surface area contributed by atoms with Gasteiger partial charge < -0.3 is 13.9 Å². The number of benzene rings is 3. The van der Waals surface area contributed by atoms with Gasteiger partial charge in [0.2, 0.25) is 0 Å². The van der Waals surface area contributed by atoms with Gasteiger partial charge in [0.25, 0.3) is 0 Å². The minimum absolute atomic E-state index is 0.243. The van der Waals surface area contributed by atoms with Crippen molar-refractivity contribution in [1.82, 2.24) is 4.57 Å². The first-order valence-electron chi connectivity index (χ1n) is 9.00. The van der Waals surface area contributed by atoms with E-state index in [1.54, 1.807) is 0 Å². The zero-order chi connectivity index (χ0) is 17.7. The Kier molecular flexibility index (Phi) is 3.46. The molecule has 2 heterocycles. The van der Waals surface area contributed by atoms with E-state index in [0.717, 1.165) is 11.2 Å². The van der Waals surface area contributed by atoms with Crippen LogP contribution in [0.5, 0.6) is 0 Å². The largest absolute Gasteiger partial charge is 0.494 e. The molecular formula is C22H20BNO2. The molecule has 0 spiro atoms. The lowest BCUT2D eigenvalue weighted by molar-refractivity contribution is 0.137. The number of para-hydroxylation sites is 2. The summed E-state index contributed by atoms with van der Waals surface area (Å²) < 4.78 is 14.2. The van der Waals surface area contributed by atoms with E-state index in [2.05, 4.69) is 91.2 Å². The van der Waals surface area contributed by atoms with E-state index in [-0.39, 0.29) is 12.7 Å². The highest BCUT2D eigenvalue weighted by Gasteiger charge is 2.38. The lowest BCUT2D eigenvalue weighted by Gasteiger charge is -2.16. The molecule has 0 aliphatic carbocycles. The summed E-state index contributed by atoms with van der Waals surface area (Å²) in [6.45, 7) is 4.73. The van der Waals surface area contributed by atoms with Gasteiger partial charge in [-0.1, -0.05) is 48.5 Å². The Balaban J connectivity index is 1.70. The zero-order valence-electron chi connectivity index (χ0n) is 15.0. The van der Waals surface area contributed by atoms with Gasteiger partial charge in [-0.05, 0) is 43.6 Å². The van der Waals surface area contributed by atoms with Crippen molar-refractivity contribution >= 4 is 34.4 Å². The molecule has 1 aliphatic heterocycles. The fourth-order valence-corrected chi connectivity index (χ4v) is 3.81. The van der Waals surface area contributed by atoms with Gasteiger partial charge in [-0.25, -0.2) is 0 Å². The maximum atomic E-state index is 6.05. The first kappa shape index (κ1) is 15.7. The standard InChI is InChI=1S/C22H20BNO2/c1-22(2)15-25-23(26-22)16-8-7-9-17(14-16)24-20-12-5-3-10-18(20)19-11-4-6-13-21(19)24/h3-14H,15H2,1-2H3. The molecule has 26 heavy (non-hydrogen) atoms. The fraction of sp³-hybridized carbons (Fsp3) is 0.182. The van der Waals surface area contributed by atoms with Crippen LogP contribution in [-0.2, 0) is 9.31 Å². The van der Waals surface area contributed by atoms with Gasteiger partial charge in [-0.15, -0.1) is 0 Å². The predicted octanol–water partition coefficient (Wildman–Crippen LogP) is 4.30. The Hall–Kier alpha value is -2.56. The number of hydrogen-bond acceptors (Lipinski definition) is 2. The SMILES string of the molecule is CC1(C)COB(c2cccc(-n3c4ccccc4c4ccccc43)c2)O1. The van der Waals surface area contributed by atoms with Gasteiger partial charge in [0.15, 0.2) is 0 Å². The molecule has 1 aliphatic rings. The van der Waals surface area contributed by atoms with Crippen molar-refractivity contribution in [1.29, 1.82) is 0 Å². The Bertz CT molecular complexity index is 1060. The second-order valence-electron chi connectivity index (χ2n) is 7.49. The lowest BCUT2D eigenvalue weighted by Crippen LogP contribution is -2.34. The Morgan fingerprint density at radius 2 is 1.50 bits per heavy atom. The summed E-state index contributed by atoms with van der Waals surface area (Å²) in [4.78, 5) is 0. The molecule has 0 bridgehead atoms. The van der Waals surface area contributed by atoms with Crippen LogP contribution in [-0.4, -0.2) is 23.9 Å². The monoisotopic (exact) mass is 341 g/mol. The van der Waals surface area contributed by atoms with E-state index >= 15 is 0 Å². The molecule has 3 aromatic carbocycles. The van der Waals surface area contributed by atoms with Gasteiger partial charge in [0.05, 0.1) is 23.2 Å². The Morgan fingerprint density at radius 1 is 0.846 bits per heavy atom. The van der Waals surface area contributed by atoms with E-state index in [9.17, 15) is 0 Å². The zero-order valence-corrected chi connectivity index (χ0v) is 15.0. The molecule has 0 radical (unpaired) electrons. The lowest BCUT2D eigenvalue weighted by atomic mass is 9.79. The minimum Gasteiger partial charge on any atom is -0.404 e. The van der Waals surface area contributed by atoms with Crippen LogP contribution < -0.4 is 5.46 Å². The summed E-state index contributed by atoms with van der Waals surface area (Å²) >= 11 is 0. The third-order valence-electron chi connectivity index (χ3n) is 4.99. The van der Waals surface area contributed by atoms with Gasteiger partial charge in [-0.2, -0.15) is 0 Å². The fourth-order valence-electron chi connectivity index (χ4n) is 3.81. The smallest absolute Gasteiger partial charge is 0.404 e. The van der Waals surface area contributed by atoms with Crippen molar-refractivity contribution in [3.8, 4) is 5.69 Å². The maximum absolute atomic E-state index is 6.05. The molecule has 0 atom stereocenters. The van der Waals surface area contributed by atoms with Crippen LogP contribution in [0.25, 0.3) is 27.5 Å². The highest BCUT2D eigenvalue weighted by atomic mass is 16.7. The van der Waals surface area contributed by atoms with Crippen molar-refractivity contribution in [2.24, 2.45) is 0 Å². The second kappa shape index (κ2) is 5.73. The van der Waals surface area contributed by atoms with Gasteiger partial charge in [0.1, 0.15) is 0 Å². The topological polar surface area (TPSA) is 23.4 Å². The number of rotatable bonds is 2. The van der Waals surface area contributed by atoms with E-state index in [0.29, 0.717) is 6.61 Å². The van der Waals surface area contributed by atoms with Crippen molar-refractivity contribution in [2.75, 3.05) is 6.61 Å². The molecule has 4 aromatic rings. The Labute approximate surface area is 153 Å². The van der Waals surface area contributed by atoms with Gasteiger partial charge >= 0.3 is 7.12 Å². The number of hydrogen-bond donors (Lipinski definition) is 0. The van der Waals surface area contributed by atoms with Crippen LogP contribution >= 0.6 is 0 Å². The first-order valence-corrected chi connectivity index (χ1v) is 9.00. The molecule has 1 saturated heterocycles. The first-order chi connectivity index (χ1) is 12.6. The summed E-state index contributed by atoms with van der Waals surface area (Å²) in [6.07, 6.45) is 0. The summed E-state index contributed by atoms with van der Waals surface area (Å²) in [5, 5.41) is 2.53. The van der Waals surface area contributed by atoms with Crippen molar-refractivity contribution < 1.29 is 9.31 Å². The van der Waals surface area contributed by atoms with E-state index in [1.807, 2.05) is 0 Å². The third kappa shape index (κ3) is 2.45. The van der Waals surface area contributed by atoms with Crippen molar-refractivity contribution in [3.63, 3.8) is 0 Å². The Morgan fingerprint density at radius 3 is 2.12 bits per heavy atom. The molecule has 0 amide bonds. The van der Waals surface area contributed by atoms with Crippen LogP contribution in [0.15, 0.2) is 72.8 Å². The summed E-state index contributed by atoms with van der Waals surface area (Å²) in [5.41, 5.74) is 4.35. The maximum Gasteiger partial charge on any atom is 0.494 e. The number of nitrogens with zero attached hydrogens (tertiary/aromatic N) is 1. The molecule has 1 aromatic heterocycles. The average Bonchev–Trinajstić information content (AvgIpc) is 3.19. The second-order valence-corrected chi connectivity index (χ2v) is 7.49. The highest BCUT2D eigenvalue weighted by Crippen LogP contribution is 2.31. The molecule has 0 N–H and O–H groups in total. The molecule has 3 nitrogen and oxygen atoms in total. The highest BCUT2D eigenvalue weighted by molar-refractivity contribution is 6.62. The van der Waals surface area contributed by atoms with Crippen LogP contribution in [0.4, 0.5) is 0 Å². The summed E-state index contributed by atoms with van der Waals surface area (Å²) in [7, 11) is -0.307. The predicted molar refractivity (Wildman–Crippen MR) is 107 cm³/mol. The van der Waals surface area contributed by atoms with E-state index in [1.165, 1.54) is 21.8 Å². The average molecular weight is 341 g/mol. The van der Waals surface area contributed by atoms with Crippen LogP contribution in [0, 0.1) is 0 Å². The quantitative estimate of drug-likeness (QED) is 0.508. The van der Waals surface area contributed by atoms with Crippen LogP contribution in [0.1, 0.15) is 13.8 Å². The molecule has 0 unspecified atom stereocenters. The molecule has 1 fully saturated rings. The molecule has 4 heteroatoms. The van der Waals surface area contributed by atoms with Crippen molar-refractivity contribution in [3.05, 3.63) is 72.8 Å². The molecule has 5 rings (SSSR count). The van der Waals surface area contributed by atoms with E-state index in [4.69, 9.17) is 9.31 Å².